The average molecular weight is 319 g/mol. The molecule has 0 aromatic rings. The van der Waals surface area contributed by atoms with Gasteiger partial charge in [-0.1, -0.05) is 26.8 Å². The van der Waals surface area contributed by atoms with Gasteiger partial charge in [-0.2, -0.15) is 0 Å². The molecule has 0 aliphatic carbocycles. The van der Waals surface area contributed by atoms with Crippen molar-refractivity contribution < 1.29 is 9.59 Å². The van der Waals surface area contributed by atoms with Gasteiger partial charge in [-0.3, -0.25) is 9.59 Å². The Kier molecular flexibility index (Phi) is 5.46. The van der Waals surface area contributed by atoms with E-state index in [1.165, 1.54) is 0 Å². The quantitative estimate of drug-likeness (QED) is 0.710. The molecule has 23 heavy (non-hydrogen) atoms. The van der Waals surface area contributed by atoms with Crippen molar-refractivity contribution in [2.75, 3.05) is 13.1 Å². The van der Waals surface area contributed by atoms with Crippen molar-refractivity contribution in [3.8, 4) is 0 Å². The molecule has 127 valence electrons. The topological polar surface area (TPSA) is 87.5 Å². The third-order valence-electron chi connectivity index (χ3n) is 4.02. The Bertz CT molecular complexity index is 513. The third-order valence-corrected chi connectivity index (χ3v) is 4.02. The summed E-state index contributed by atoms with van der Waals surface area (Å²) >= 11 is 0. The molecule has 6 heteroatoms. The number of hydrogen-bond donors (Lipinski definition) is 3. The summed E-state index contributed by atoms with van der Waals surface area (Å²) in [6, 6.07) is 0.153. The van der Waals surface area contributed by atoms with E-state index in [0.717, 1.165) is 25.9 Å². The highest BCUT2D eigenvalue weighted by atomic mass is 16.2. The summed E-state index contributed by atoms with van der Waals surface area (Å²) < 4.78 is 0. The minimum Gasteiger partial charge on any atom is -0.364 e. The SMILES string of the molecule is CC(C)(C)CC(=O)N(C1CCNCC1)C1C=C[C]=C(C(N)=O)N1. The molecule has 6 nitrogen and oxygen atoms in total. The summed E-state index contributed by atoms with van der Waals surface area (Å²) in [6.07, 6.45) is 8.23. The normalized spacial score (nSPS) is 22.2. The standard InChI is InChI=1S/C17H27N4O2/c1-17(2,3)11-15(22)21(12-7-9-19-10-8-12)14-6-4-5-13(20-14)16(18)23/h4,6,12,14,19-20H,7-11H2,1-3H3,(H2,18,23). The number of carbonyl (C=O) groups is 2. The van der Waals surface area contributed by atoms with Crippen LogP contribution >= 0.6 is 0 Å². The first-order chi connectivity index (χ1) is 10.8. The molecule has 4 N–H and O–H groups in total. The van der Waals surface area contributed by atoms with Crippen LogP contribution in [0.5, 0.6) is 0 Å². The Labute approximate surface area is 138 Å². The molecule has 1 radical (unpaired) electrons. The second-order valence-corrected chi connectivity index (χ2v) is 7.35. The lowest BCUT2D eigenvalue weighted by Gasteiger charge is -2.41. The van der Waals surface area contributed by atoms with E-state index in [4.69, 9.17) is 5.73 Å². The van der Waals surface area contributed by atoms with E-state index in [9.17, 15) is 9.59 Å². The van der Waals surface area contributed by atoms with Gasteiger partial charge >= 0.3 is 0 Å². The van der Waals surface area contributed by atoms with Crippen molar-refractivity contribution in [2.45, 2.75) is 52.2 Å². The number of nitrogens with two attached hydrogens (primary N) is 1. The Morgan fingerprint density at radius 3 is 2.57 bits per heavy atom. The highest BCUT2D eigenvalue weighted by Crippen LogP contribution is 2.25. The van der Waals surface area contributed by atoms with Crippen LogP contribution in [0.2, 0.25) is 0 Å². The van der Waals surface area contributed by atoms with E-state index in [0.29, 0.717) is 6.42 Å². The first-order valence-corrected chi connectivity index (χ1v) is 8.16. The van der Waals surface area contributed by atoms with Crippen LogP contribution in [0.3, 0.4) is 0 Å². The maximum Gasteiger partial charge on any atom is 0.265 e. The van der Waals surface area contributed by atoms with Crippen LogP contribution in [-0.2, 0) is 9.59 Å². The molecule has 0 aromatic heterocycles. The van der Waals surface area contributed by atoms with E-state index in [2.05, 4.69) is 37.5 Å². The van der Waals surface area contributed by atoms with Crippen molar-refractivity contribution in [1.82, 2.24) is 15.5 Å². The van der Waals surface area contributed by atoms with Gasteiger partial charge < -0.3 is 21.3 Å². The van der Waals surface area contributed by atoms with Crippen LogP contribution in [0.1, 0.15) is 40.0 Å². The van der Waals surface area contributed by atoms with Crippen molar-refractivity contribution in [2.24, 2.45) is 11.1 Å². The number of piperidine rings is 1. The fourth-order valence-corrected chi connectivity index (χ4v) is 2.98. The molecule has 1 saturated heterocycles. The minimum absolute atomic E-state index is 0.0882. The van der Waals surface area contributed by atoms with Crippen LogP contribution in [0.25, 0.3) is 0 Å². The number of amides is 2. The molecule has 1 atom stereocenters. The molecule has 2 aliphatic rings. The summed E-state index contributed by atoms with van der Waals surface area (Å²) in [4.78, 5) is 26.2. The summed E-state index contributed by atoms with van der Waals surface area (Å²) in [5, 5.41) is 6.36. The second-order valence-electron chi connectivity index (χ2n) is 7.35. The molecule has 0 spiro atoms. The molecule has 2 amide bonds. The number of carbonyl (C=O) groups excluding carboxylic acids is 2. The summed E-state index contributed by atoms with van der Waals surface area (Å²) in [5.74, 6) is -0.467. The van der Waals surface area contributed by atoms with E-state index in [-0.39, 0.29) is 29.2 Å². The van der Waals surface area contributed by atoms with Gasteiger partial charge in [-0.25, -0.2) is 0 Å². The number of hydrogen-bond acceptors (Lipinski definition) is 4. The number of dihydropyridines is 1. The van der Waals surface area contributed by atoms with Gasteiger partial charge in [0.25, 0.3) is 5.91 Å². The predicted octanol–water partition coefficient (Wildman–Crippen LogP) is 0.661. The average Bonchev–Trinajstić information content (AvgIpc) is 2.47. The van der Waals surface area contributed by atoms with E-state index in [1.807, 2.05) is 11.0 Å². The van der Waals surface area contributed by atoms with Gasteiger partial charge in [-0.15, -0.1) is 0 Å². The fourth-order valence-electron chi connectivity index (χ4n) is 2.98. The lowest BCUT2D eigenvalue weighted by atomic mass is 9.90. The smallest absolute Gasteiger partial charge is 0.265 e. The fraction of sp³-hybridized carbons (Fsp3) is 0.647. The van der Waals surface area contributed by atoms with E-state index < -0.39 is 5.91 Å². The molecule has 0 aromatic carbocycles. The van der Waals surface area contributed by atoms with Crippen molar-refractivity contribution in [1.29, 1.82) is 0 Å². The first-order valence-electron chi connectivity index (χ1n) is 8.16. The highest BCUT2D eigenvalue weighted by molar-refractivity contribution is 5.91. The molecule has 0 bridgehead atoms. The number of nitrogens with zero attached hydrogens (tertiary/aromatic N) is 1. The van der Waals surface area contributed by atoms with Crippen molar-refractivity contribution >= 4 is 11.8 Å². The van der Waals surface area contributed by atoms with Crippen LogP contribution in [0, 0.1) is 11.5 Å². The zero-order valence-electron chi connectivity index (χ0n) is 14.2. The van der Waals surface area contributed by atoms with Crippen molar-refractivity contribution in [3.63, 3.8) is 0 Å². The molecule has 2 rings (SSSR count). The molecule has 1 fully saturated rings. The number of nitrogens with one attached hydrogen (secondary N) is 2. The van der Waals surface area contributed by atoms with Gasteiger partial charge in [-0.05, 0) is 37.4 Å². The molecular weight excluding hydrogens is 292 g/mol. The van der Waals surface area contributed by atoms with Crippen LogP contribution < -0.4 is 16.4 Å². The Morgan fingerprint density at radius 2 is 2.00 bits per heavy atom. The maximum atomic E-state index is 12.9. The lowest BCUT2D eigenvalue weighted by molar-refractivity contribution is -0.138. The maximum absolute atomic E-state index is 12.9. The van der Waals surface area contributed by atoms with Gasteiger partial charge in [0, 0.05) is 18.5 Å². The number of rotatable bonds is 4. The van der Waals surface area contributed by atoms with Gasteiger partial charge in [0.05, 0.1) is 0 Å². The van der Waals surface area contributed by atoms with Crippen LogP contribution in [0.4, 0.5) is 0 Å². The number of primary amides is 1. The Hall–Kier alpha value is -1.82. The predicted molar refractivity (Wildman–Crippen MR) is 88.8 cm³/mol. The van der Waals surface area contributed by atoms with Gasteiger partial charge in [0.15, 0.2) is 0 Å². The van der Waals surface area contributed by atoms with Crippen molar-refractivity contribution in [3.05, 3.63) is 23.9 Å². The molecule has 2 heterocycles. The third kappa shape index (κ3) is 4.82. The largest absolute Gasteiger partial charge is 0.364 e. The molecule has 2 aliphatic heterocycles. The Morgan fingerprint density at radius 1 is 1.35 bits per heavy atom. The monoisotopic (exact) mass is 319 g/mol. The number of allylic oxidation sites excluding steroid dienone is 2. The zero-order valence-corrected chi connectivity index (χ0v) is 14.2. The molecular formula is C17H27N4O2. The minimum atomic E-state index is -0.562. The van der Waals surface area contributed by atoms with Crippen LogP contribution in [-0.4, -0.2) is 42.0 Å². The zero-order chi connectivity index (χ0) is 17.0. The van der Waals surface area contributed by atoms with E-state index >= 15 is 0 Å². The molecule has 0 saturated carbocycles. The summed E-state index contributed by atoms with van der Waals surface area (Å²) in [6.45, 7) is 7.95. The molecule has 1 unspecified atom stereocenters. The van der Waals surface area contributed by atoms with Gasteiger partial charge in [0.2, 0.25) is 5.91 Å². The van der Waals surface area contributed by atoms with E-state index in [1.54, 1.807) is 6.08 Å². The first kappa shape index (κ1) is 17.5. The highest BCUT2D eigenvalue weighted by Gasteiger charge is 2.33. The second kappa shape index (κ2) is 7.17. The lowest BCUT2D eigenvalue weighted by Crippen LogP contribution is -2.56. The summed E-state index contributed by atoms with van der Waals surface area (Å²) in [7, 11) is 0. The van der Waals surface area contributed by atoms with Crippen LogP contribution in [0.15, 0.2) is 17.8 Å². The van der Waals surface area contributed by atoms with Gasteiger partial charge in [0.1, 0.15) is 11.9 Å². The summed E-state index contributed by atoms with van der Waals surface area (Å²) in [5.41, 5.74) is 5.47. The Balaban J connectivity index is 2.19.